The second-order valence-electron chi connectivity index (χ2n) is 8.05. The van der Waals surface area contributed by atoms with Crippen LogP contribution >= 0.6 is 0 Å². The highest BCUT2D eigenvalue weighted by Crippen LogP contribution is 2.08. The summed E-state index contributed by atoms with van der Waals surface area (Å²) in [6, 6.07) is 0. The van der Waals surface area contributed by atoms with Gasteiger partial charge in [0.15, 0.2) is 11.9 Å². The van der Waals surface area contributed by atoms with Gasteiger partial charge in [0, 0.05) is 18.8 Å². The predicted octanol–water partition coefficient (Wildman–Crippen LogP) is 3.28. The normalized spacial score (nSPS) is 11.7. The van der Waals surface area contributed by atoms with E-state index in [0.29, 0.717) is 6.42 Å². The summed E-state index contributed by atoms with van der Waals surface area (Å²) in [5.41, 5.74) is 0. The fraction of sp³-hybridized carbons (Fsp3) is 0.833. The number of aliphatic carboxylic acids is 1. The Kier molecular flexibility index (Phi) is 19.6. The van der Waals surface area contributed by atoms with E-state index in [0.717, 1.165) is 64.2 Å². The lowest BCUT2D eigenvalue weighted by atomic mass is 10.1. The molecule has 0 radical (unpaired) electrons. The molecule has 0 spiro atoms. The van der Waals surface area contributed by atoms with Gasteiger partial charge in [-0.2, -0.15) is 0 Å². The van der Waals surface area contributed by atoms with Crippen LogP contribution in [0.3, 0.4) is 0 Å². The maximum atomic E-state index is 11.9. The molecule has 0 N–H and O–H groups in total. The van der Waals surface area contributed by atoms with E-state index in [1.165, 1.54) is 0 Å². The number of esters is 2. The van der Waals surface area contributed by atoms with Crippen molar-refractivity contribution in [2.24, 2.45) is 0 Å². The quantitative estimate of drug-likeness (QED) is 0.179. The van der Waals surface area contributed by atoms with Crippen LogP contribution in [0.25, 0.3) is 0 Å². The van der Waals surface area contributed by atoms with E-state index < -0.39 is 24.5 Å². The molecule has 0 bridgehead atoms. The van der Waals surface area contributed by atoms with Crippen molar-refractivity contribution in [3.8, 4) is 0 Å². The highest BCUT2D eigenvalue weighted by Gasteiger charge is 2.18. The summed E-state index contributed by atoms with van der Waals surface area (Å²) in [6.45, 7) is 3.84. The number of ketones is 1. The zero-order valence-corrected chi connectivity index (χ0v) is 19.9. The van der Waals surface area contributed by atoms with E-state index in [2.05, 4.69) is 13.8 Å². The average molecular weight is 458 g/mol. The minimum absolute atomic E-state index is 0.0346. The number of carbonyl (C=O) groups is 4. The van der Waals surface area contributed by atoms with E-state index in [4.69, 9.17) is 14.2 Å². The molecule has 186 valence electrons. The van der Waals surface area contributed by atoms with Crippen LogP contribution < -0.4 is 5.11 Å². The molecule has 0 aromatic carbocycles. The Morgan fingerprint density at radius 3 is 1.88 bits per heavy atom. The zero-order chi connectivity index (χ0) is 24.0. The number of rotatable bonds is 22. The molecule has 0 aliphatic rings. The van der Waals surface area contributed by atoms with Gasteiger partial charge in [0.25, 0.3) is 0 Å². The largest absolute Gasteiger partial charge is 0.550 e. The lowest BCUT2D eigenvalue weighted by molar-refractivity contribution is -0.305. The van der Waals surface area contributed by atoms with Crippen LogP contribution in [0.4, 0.5) is 0 Å². The smallest absolute Gasteiger partial charge is 0.306 e. The van der Waals surface area contributed by atoms with E-state index >= 15 is 0 Å². The van der Waals surface area contributed by atoms with Gasteiger partial charge < -0.3 is 24.1 Å². The van der Waals surface area contributed by atoms with Gasteiger partial charge in [0.2, 0.25) is 0 Å². The number of hydrogen-bond acceptors (Lipinski definition) is 8. The Morgan fingerprint density at radius 1 is 0.688 bits per heavy atom. The first-order valence-corrected chi connectivity index (χ1v) is 12.0. The van der Waals surface area contributed by atoms with Gasteiger partial charge in [-0.1, -0.05) is 65.2 Å². The Labute approximate surface area is 192 Å². The standard InChI is InChI=1S/C24H42O8/c1-3-5-7-9-11-13-20(25)17-30-18-21(32-24(29)16-15-22(26)27)19-31-23(28)14-12-10-8-6-4-2/h21H,3-19H2,1-2H3,(H,26,27)/p-1. The Bertz CT molecular complexity index is 532. The van der Waals surface area contributed by atoms with Crippen molar-refractivity contribution in [3.63, 3.8) is 0 Å². The minimum atomic E-state index is -1.35. The summed E-state index contributed by atoms with van der Waals surface area (Å²) in [5.74, 6) is -2.53. The molecule has 1 unspecified atom stereocenters. The van der Waals surface area contributed by atoms with Crippen molar-refractivity contribution in [1.82, 2.24) is 0 Å². The zero-order valence-electron chi connectivity index (χ0n) is 19.9. The van der Waals surface area contributed by atoms with Gasteiger partial charge in [-0.15, -0.1) is 0 Å². The molecule has 0 amide bonds. The van der Waals surface area contributed by atoms with Crippen LogP contribution in [0.15, 0.2) is 0 Å². The van der Waals surface area contributed by atoms with Crippen molar-refractivity contribution in [2.45, 2.75) is 110 Å². The molecule has 1 atom stereocenters. The van der Waals surface area contributed by atoms with Gasteiger partial charge in [-0.25, -0.2) is 0 Å². The summed E-state index contributed by atoms with van der Waals surface area (Å²) >= 11 is 0. The third-order valence-electron chi connectivity index (χ3n) is 4.87. The summed E-state index contributed by atoms with van der Waals surface area (Å²) in [5, 5.41) is 10.5. The molecule has 8 heteroatoms. The van der Waals surface area contributed by atoms with Crippen LogP contribution in [0.1, 0.15) is 104 Å². The fourth-order valence-electron chi connectivity index (χ4n) is 3.00. The molecular weight excluding hydrogens is 416 g/mol. The molecule has 0 aliphatic carbocycles. The van der Waals surface area contributed by atoms with Crippen molar-refractivity contribution in [3.05, 3.63) is 0 Å². The first-order valence-electron chi connectivity index (χ1n) is 12.0. The maximum absolute atomic E-state index is 11.9. The van der Waals surface area contributed by atoms with Crippen molar-refractivity contribution >= 4 is 23.7 Å². The Hall–Kier alpha value is -1.96. The van der Waals surface area contributed by atoms with Gasteiger partial charge in [0.05, 0.1) is 13.0 Å². The maximum Gasteiger partial charge on any atom is 0.306 e. The number of unbranched alkanes of at least 4 members (excludes halogenated alkanes) is 8. The lowest BCUT2D eigenvalue weighted by Gasteiger charge is -2.18. The highest BCUT2D eigenvalue weighted by atomic mass is 16.6. The van der Waals surface area contributed by atoms with E-state index in [9.17, 15) is 24.3 Å². The number of ether oxygens (including phenoxy) is 3. The molecule has 8 nitrogen and oxygen atoms in total. The summed E-state index contributed by atoms with van der Waals surface area (Å²) < 4.78 is 15.7. The monoisotopic (exact) mass is 457 g/mol. The highest BCUT2D eigenvalue weighted by molar-refractivity contribution is 5.79. The molecular formula is C24H41O8-. The summed E-state index contributed by atoms with van der Waals surface area (Å²) in [4.78, 5) is 46.2. The molecule has 0 aliphatic heterocycles. The SMILES string of the molecule is CCCCCCCC(=O)COCC(COC(=O)CCCCCCC)OC(=O)CCC(=O)[O-]. The van der Waals surface area contributed by atoms with Crippen LogP contribution in [-0.2, 0) is 33.4 Å². The molecule has 0 saturated heterocycles. The second-order valence-corrected chi connectivity index (χ2v) is 8.05. The summed E-state index contributed by atoms with van der Waals surface area (Å²) in [6.07, 6.45) is 9.27. The Morgan fingerprint density at radius 2 is 1.28 bits per heavy atom. The summed E-state index contributed by atoms with van der Waals surface area (Å²) in [7, 11) is 0. The van der Waals surface area contributed by atoms with Gasteiger partial charge in [-0.05, 0) is 19.3 Å². The molecule has 0 saturated carbocycles. The number of hydrogen-bond donors (Lipinski definition) is 0. The third kappa shape index (κ3) is 20.0. The van der Waals surface area contributed by atoms with Gasteiger partial charge in [-0.3, -0.25) is 14.4 Å². The van der Waals surface area contributed by atoms with Crippen LogP contribution in [-0.4, -0.2) is 49.6 Å². The predicted molar refractivity (Wildman–Crippen MR) is 118 cm³/mol. The molecule has 0 rings (SSSR count). The first-order chi connectivity index (χ1) is 15.4. The van der Waals surface area contributed by atoms with E-state index in [1.807, 2.05) is 0 Å². The number of carbonyl (C=O) groups excluding carboxylic acids is 4. The molecule has 0 fully saturated rings. The van der Waals surface area contributed by atoms with Crippen molar-refractivity contribution in [1.29, 1.82) is 0 Å². The van der Waals surface area contributed by atoms with E-state index in [1.54, 1.807) is 0 Å². The second kappa shape index (κ2) is 20.9. The molecule has 32 heavy (non-hydrogen) atoms. The van der Waals surface area contributed by atoms with Gasteiger partial charge >= 0.3 is 11.9 Å². The fourth-order valence-corrected chi connectivity index (χ4v) is 3.00. The first kappa shape index (κ1) is 30.0. The molecule has 0 heterocycles. The van der Waals surface area contributed by atoms with Crippen molar-refractivity contribution < 1.29 is 38.5 Å². The molecule has 0 aromatic heterocycles. The van der Waals surface area contributed by atoms with Gasteiger partial charge in [0.1, 0.15) is 13.2 Å². The van der Waals surface area contributed by atoms with Crippen LogP contribution in [0.2, 0.25) is 0 Å². The lowest BCUT2D eigenvalue weighted by Crippen LogP contribution is -2.31. The number of Topliss-reactive ketones (excluding diaryl/α,β-unsaturated/α-hetero) is 1. The Balaban J connectivity index is 4.33. The van der Waals surface area contributed by atoms with Crippen molar-refractivity contribution in [2.75, 3.05) is 19.8 Å². The number of carboxylic acids is 1. The third-order valence-corrected chi connectivity index (χ3v) is 4.87. The van der Waals surface area contributed by atoms with E-state index in [-0.39, 0.29) is 44.4 Å². The minimum Gasteiger partial charge on any atom is -0.550 e. The van der Waals surface area contributed by atoms with Crippen LogP contribution in [0.5, 0.6) is 0 Å². The number of carboxylic acid groups (broad SMARTS) is 1. The topological polar surface area (TPSA) is 119 Å². The van der Waals surface area contributed by atoms with Crippen LogP contribution in [0, 0.1) is 0 Å². The average Bonchev–Trinajstić information content (AvgIpc) is 2.75. The molecule has 0 aromatic rings.